The van der Waals surface area contributed by atoms with Crippen LogP contribution >= 0.6 is 0 Å². The van der Waals surface area contributed by atoms with Crippen molar-refractivity contribution < 1.29 is 9.59 Å². The van der Waals surface area contributed by atoms with E-state index >= 15 is 0 Å². The van der Waals surface area contributed by atoms with Crippen molar-refractivity contribution in [2.24, 2.45) is 5.73 Å². The Kier molecular flexibility index (Phi) is 6.83. The predicted octanol–water partition coefficient (Wildman–Crippen LogP) is 5.18. The quantitative estimate of drug-likeness (QED) is 0.315. The van der Waals surface area contributed by atoms with Crippen molar-refractivity contribution >= 4 is 22.7 Å². The van der Waals surface area contributed by atoms with Crippen molar-refractivity contribution in [3.63, 3.8) is 0 Å². The van der Waals surface area contributed by atoms with Crippen molar-refractivity contribution in [1.82, 2.24) is 15.3 Å². The molecule has 1 saturated carbocycles. The fourth-order valence-electron chi connectivity index (χ4n) is 6.01. The zero-order chi connectivity index (χ0) is 25.9. The van der Waals surface area contributed by atoms with E-state index in [0.717, 1.165) is 47.8 Å². The number of carbonyl (C=O) groups excluding carboxylic acids is 2. The van der Waals surface area contributed by atoms with Gasteiger partial charge in [-0.3, -0.25) is 14.6 Å². The second-order valence-corrected chi connectivity index (χ2v) is 10.5. The van der Waals surface area contributed by atoms with E-state index in [1.165, 1.54) is 6.42 Å². The summed E-state index contributed by atoms with van der Waals surface area (Å²) >= 11 is 0. The van der Waals surface area contributed by atoms with E-state index in [9.17, 15) is 9.59 Å². The van der Waals surface area contributed by atoms with Gasteiger partial charge >= 0.3 is 0 Å². The van der Waals surface area contributed by atoms with Crippen LogP contribution in [-0.4, -0.2) is 28.3 Å². The lowest BCUT2D eigenvalue weighted by Gasteiger charge is -2.38. The average molecular weight is 495 g/mol. The van der Waals surface area contributed by atoms with Crippen molar-refractivity contribution in [2.75, 3.05) is 6.54 Å². The molecule has 190 valence electrons. The van der Waals surface area contributed by atoms with E-state index < -0.39 is 11.3 Å². The van der Waals surface area contributed by atoms with Crippen LogP contribution in [0.25, 0.3) is 10.9 Å². The van der Waals surface area contributed by atoms with E-state index in [-0.39, 0.29) is 11.3 Å². The molecule has 1 aliphatic carbocycles. The Bertz CT molecular complexity index is 1410. The van der Waals surface area contributed by atoms with Crippen molar-refractivity contribution in [1.29, 1.82) is 0 Å². The van der Waals surface area contributed by atoms with Gasteiger partial charge in [-0.2, -0.15) is 0 Å². The molecule has 0 bridgehead atoms. The van der Waals surface area contributed by atoms with Crippen LogP contribution < -0.4 is 11.1 Å². The van der Waals surface area contributed by atoms with E-state index in [4.69, 9.17) is 5.73 Å². The standard InChI is InChI=1S/C31H34N4O2/c1-30(25-13-5-3-12-24(25)28(32)36,19-22-20-34-26-14-6-4-11-23(22)26)29(37)35-21-31(16-8-2-9-17-31)27-15-7-10-18-33-27/h3-7,10-15,18,20,34H,2,8-9,16-17,19,21H2,1H3,(H2,32,36)(H,35,37)/t30-/m0/s1. The molecule has 2 aromatic carbocycles. The van der Waals surface area contributed by atoms with Gasteiger partial charge in [-0.05, 0) is 61.6 Å². The zero-order valence-corrected chi connectivity index (χ0v) is 21.3. The summed E-state index contributed by atoms with van der Waals surface area (Å²) in [5.41, 5.74) is 8.64. The Labute approximate surface area is 217 Å². The molecule has 1 fully saturated rings. The first-order valence-corrected chi connectivity index (χ1v) is 13.1. The number of aromatic amines is 1. The third kappa shape index (κ3) is 4.76. The molecule has 4 N–H and O–H groups in total. The normalized spacial score (nSPS) is 16.7. The maximum absolute atomic E-state index is 14.2. The highest BCUT2D eigenvalue weighted by atomic mass is 16.2. The van der Waals surface area contributed by atoms with Gasteiger partial charge in [0.05, 0.1) is 5.41 Å². The SMILES string of the molecule is C[C@@](Cc1c[nH]c2ccccc12)(C(=O)NCC1(c2ccccn2)CCCCC1)c1ccccc1C(N)=O. The van der Waals surface area contributed by atoms with Gasteiger partial charge in [-0.15, -0.1) is 0 Å². The van der Waals surface area contributed by atoms with Gasteiger partial charge in [-0.1, -0.05) is 61.7 Å². The highest BCUT2D eigenvalue weighted by Gasteiger charge is 2.41. The number of hydrogen-bond acceptors (Lipinski definition) is 3. The third-order valence-corrected chi connectivity index (χ3v) is 8.11. The van der Waals surface area contributed by atoms with Crippen molar-refractivity contribution in [3.05, 3.63) is 102 Å². The number of rotatable bonds is 8. The van der Waals surface area contributed by atoms with Gasteiger partial charge in [-0.25, -0.2) is 0 Å². The van der Waals surface area contributed by atoms with Gasteiger partial charge in [0, 0.05) is 46.5 Å². The number of fused-ring (bicyclic) bond motifs is 1. The van der Waals surface area contributed by atoms with Crippen LogP contribution in [0, 0.1) is 0 Å². The summed E-state index contributed by atoms with van der Waals surface area (Å²) in [6, 6.07) is 21.3. The minimum atomic E-state index is -1.02. The van der Waals surface area contributed by atoms with Crippen LogP contribution in [0.2, 0.25) is 0 Å². The first-order valence-electron chi connectivity index (χ1n) is 13.1. The Morgan fingerprint density at radius 2 is 1.73 bits per heavy atom. The molecule has 0 radical (unpaired) electrons. The summed E-state index contributed by atoms with van der Waals surface area (Å²) in [4.78, 5) is 34.7. The summed E-state index contributed by atoms with van der Waals surface area (Å²) < 4.78 is 0. The van der Waals surface area contributed by atoms with E-state index in [2.05, 4.69) is 27.4 Å². The number of aromatic nitrogens is 2. The number of nitrogens with one attached hydrogen (secondary N) is 2. The zero-order valence-electron chi connectivity index (χ0n) is 21.3. The lowest BCUT2D eigenvalue weighted by molar-refractivity contribution is -0.126. The fourth-order valence-corrected chi connectivity index (χ4v) is 6.01. The van der Waals surface area contributed by atoms with Crippen LogP contribution in [0.5, 0.6) is 0 Å². The van der Waals surface area contributed by atoms with Gasteiger partial charge in [0.2, 0.25) is 11.8 Å². The second-order valence-electron chi connectivity index (χ2n) is 10.5. The number of hydrogen-bond donors (Lipinski definition) is 3. The van der Waals surface area contributed by atoms with Crippen LogP contribution in [-0.2, 0) is 22.0 Å². The molecule has 4 aromatic rings. The molecule has 0 saturated heterocycles. The van der Waals surface area contributed by atoms with E-state index in [1.807, 2.05) is 61.8 Å². The lowest BCUT2D eigenvalue weighted by Crippen LogP contribution is -2.50. The van der Waals surface area contributed by atoms with Gasteiger partial charge in [0.1, 0.15) is 0 Å². The molecule has 2 heterocycles. The Hall–Kier alpha value is -3.93. The Morgan fingerprint density at radius 3 is 2.49 bits per heavy atom. The Morgan fingerprint density at radius 1 is 1.00 bits per heavy atom. The van der Waals surface area contributed by atoms with Gasteiger partial charge in [0.15, 0.2) is 0 Å². The number of amides is 2. The number of H-pyrrole nitrogens is 1. The lowest BCUT2D eigenvalue weighted by atomic mass is 9.70. The number of para-hydroxylation sites is 1. The minimum Gasteiger partial charge on any atom is -0.366 e. The molecule has 6 nitrogen and oxygen atoms in total. The Balaban J connectivity index is 1.52. The maximum atomic E-state index is 14.2. The first-order chi connectivity index (χ1) is 17.9. The van der Waals surface area contributed by atoms with Crippen molar-refractivity contribution in [3.8, 4) is 0 Å². The van der Waals surface area contributed by atoms with Crippen LogP contribution in [0.3, 0.4) is 0 Å². The molecule has 2 aromatic heterocycles. The molecule has 1 atom stereocenters. The summed E-state index contributed by atoms with van der Waals surface area (Å²) in [7, 11) is 0. The van der Waals surface area contributed by atoms with Crippen LogP contribution in [0.15, 0.2) is 79.1 Å². The largest absolute Gasteiger partial charge is 0.366 e. The molecule has 0 spiro atoms. The van der Waals surface area contributed by atoms with Gasteiger partial charge < -0.3 is 16.0 Å². The number of benzene rings is 2. The molecular weight excluding hydrogens is 460 g/mol. The molecule has 5 rings (SSSR count). The summed E-state index contributed by atoms with van der Waals surface area (Å²) in [5, 5.41) is 4.38. The number of nitrogens with two attached hydrogens (primary N) is 1. The summed E-state index contributed by atoms with van der Waals surface area (Å²) in [5.74, 6) is -0.654. The predicted molar refractivity (Wildman–Crippen MR) is 146 cm³/mol. The maximum Gasteiger partial charge on any atom is 0.249 e. The molecule has 6 heteroatoms. The highest BCUT2D eigenvalue weighted by Crippen LogP contribution is 2.39. The summed E-state index contributed by atoms with van der Waals surface area (Å²) in [6.45, 7) is 2.42. The molecule has 0 unspecified atom stereocenters. The number of pyridine rings is 1. The first kappa shape index (κ1) is 24.8. The minimum absolute atomic E-state index is 0.118. The molecular formula is C31H34N4O2. The summed E-state index contributed by atoms with van der Waals surface area (Å²) in [6.07, 6.45) is 9.61. The second kappa shape index (κ2) is 10.2. The number of carbonyl (C=O) groups is 2. The topological polar surface area (TPSA) is 101 Å². The number of primary amides is 1. The third-order valence-electron chi connectivity index (χ3n) is 8.11. The van der Waals surface area contributed by atoms with E-state index in [1.54, 1.807) is 12.1 Å². The van der Waals surface area contributed by atoms with Gasteiger partial charge in [0.25, 0.3) is 0 Å². The molecule has 37 heavy (non-hydrogen) atoms. The number of nitrogens with zero attached hydrogens (tertiary/aromatic N) is 1. The molecule has 0 aliphatic heterocycles. The van der Waals surface area contributed by atoms with E-state index in [0.29, 0.717) is 24.1 Å². The monoisotopic (exact) mass is 494 g/mol. The molecule has 1 aliphatic rings. The average Bonchev–Trinajstić information content (AvgIpc) is 3.35. The van der Waals surface area contributed by atoms with Crippen molar-refractivity contribution in [2.45, 2.75) is 56.3 Å². The fraction of sp³-hybridized carbons (Fsp3) is 0.323. The van der Waals surface area contributed by atoms with Crippen LogP contribution in [0.4, 0.5) is 0 Å². The highest BCUT2D eigenvalue weighted by molar-refractivity contribution is 5.99. The van der Waals surface area contributed by atoms with Crippen LogP contribution in [0.1, 0.15) is 66.2 Å². The molecule has 2 amide bonds. The smallest absolute Gasteiger partial charge is 0.249 e.